The lowest BCUT2D eigenvalue weighted by Gasteiger charge is -2.12. The van der Waals surface area contributed by atoms with E-state index in [4.69, 9.17) is 21.3 Å². The minimum atomic E-state index is 0.584. The van der Waals surface area contributed by atoms with Gasteiger partial charge < -0.3 is 4.74 Å². The van der Waals surface area contributed by atoms with Crippen molar-refractivity contribution < 1.29 is 4.74 Å². The number of aromatic nitrogens is 4. The number of hydrogen-bond donors (Lipinski definition) is 0. The average molecular weight is 437 g/mol. The minimum absolute atomic E-state index is 0.584. The van der Waals surface area contributed by atoms with Crippen molar-refractivity contribution in [1.29, 1.82) is 0 Å². The molecule has 0 radical (unpaired) electrons. The Labute approximate surface area is 184 Å². The van der Waals surface area contributed by atoms with Crippen LogP contribution in [0.15, 0.2) is 66.3 Å². The van der Waals surface area contributed by atoms with Crippen molar-refractivity contribution in [3.8, 4) is 17.1 Å². The van der Waals surface area contributed by atoms with E-state index in [9.17, 15) is 0 Å². The molecule has 2 aromatic heterocycles. The number of benzene rings is 2. The Bertz CT molecular complexity index is 1220. The van der Waals surface area contributed by atoms with E-state index in [0.29, 0.717) is 17.3 Å². The average Bonchev–Trinajstić information content (AvgIpc) is 3.18. The molecule has 152 valence electrons. The number of para-hydroxylation sites is 2. The van der Waals surface area contributed by atoms with Crippen molar-refractivity contribution >= 4 is 34.3 Å². The highest BCUT2D eigenvalue weighted by molar-refractivity contribution is 7.98. The highest BCUT2D eigenvalue weighted by atomic mass is 35.5. The molecule has 2 heterocycles. The first kappa shape index (κ1) is 20.4. The highest BCUT2D eigenvalue weighted by Gasteiger charge is 2.18. The number of ether oxygens (including phenoxy) is 1. The van der Waals surface area contributed by atoms with Crippen LogP contribution in [0.25, 0.3) is 22.3 Å². The van der Waals surface area contributed by atoms with Gasteiger partial charge in [0.2, 0.25) is 0 Å². The Morgan fingerprint density at radius 1 is 1.13 bits per heavy atom. The second-order valence-electron chi connectivity index (χ2n) is 6.71. The molecule has 0 unspecified atom stereocenters. The summed E-state index contributed by atoms with van der Waals surface area (Å²) in [6.07, 6.45) is 1.83. The molecule has 5 nitrogen and oxygen atoms in total. The van der Waals surface area contributed by atoms with Crippen molar-refractivity contribution in [1.82, 2.24) is 19.7 Å². The number of hydrogen-bond acceptors (Lipinski definition) is 5. The van der Waals surface area contributed by atoms with Gasteiger partial charge in [-0.1, -0.05) is 59.8 Å². The van der Waals surface area contributed by atoms with Crippen LogP contribution in [0, 0.1) is 6.92 Å². The van der Waals surface area contributed by atoms with E-state index in [-0.39, 0.29) is 0 Å². The number of thioether (sulfide) groups is 1. The standard InChI is InChI=1S/C23H21ClN4OS/c1-4-13-28-22(17-10-6-8-12-20(17)29-3)26-27-23(28)30-14-19-21(24)15(2)16-9-5-7-11-18(16)25-19/h4-12H,1,13-14H2,2-3H3. The molecule has 30 heavy (non-hydrogen) atoms. The number of allylic oxidation sites excluding steroid dienone is 1. The third-order valence-electron chi connectivity index (χ3n) is 4.86. The van der Waals surface area contributed by atoms with Crippen molar-refractivity contribution in [3.63, 3.8) is 0 Å². The first-order valence-electron chi connectivity index (χ1n) is 9.48. The Kier molecular flexibility index (Phi) is 6.06. The van der Waals surface area contributed by atoms with E-state index in [1.807, 2.05) is 66.1 Å². The molecule has 0 spiro atoms. The largest absolute Gasteiger partial charge is 0.496 e. The molecule has 0 aliphatic heterocycles. The van der Waals surface area contributed by atoms with E-state index < -0.39 is 0 Å². The Morgan fingerprint density at radius 3 is 2.70 bits per heavy atom. The Hall–Kier alpha value is -2.83. The number of methoxy groups -OCH3 is 1. The molecule has 4 aromatic rings. The van der Waals surface area contributed by atoms with Crippen LogP contribution in [-0.2, 0) is 12.3 Å². The number of aryl methyl sites for hydroxylation is 1. The summed E-state index contributed by atoms with van der Waals surface area (Å²) in [5, 5.41) is 11.4. The smallest absolute Gasteiger partial charge is 0.192 e. The summed E-state index contributed by atoms with van der Waals surface area (Å²) < 4.78 is 7.53. The van der Waals surface area contributed by atoms with Gasteiger partial charge >= 0.3 is 0 Å². The fraction of sp³-hybridized carbons (Fsp3) is 0.174. The maximum atomic E-state index is 6.63. The van der Waals surface area contributed by atoms with Gasteiger partial charge in [-0.25, -0.2) is 0 Å². The molecule has 4 rings (SSSR count). The summed E-state index contributed by atoms with van der Waals surface area (Å²) in [6.45, 7) is 6.49. The Balaban J connectivity index is 1.68. The zero-order chi connectivity index (χ0) is 21.1. The lowest BCUT2D eigenvalue weighted by atomic mass is 10.1. The maximum Gasteiger partial charge on any atom is 0.192 e. The number of fused-ring (bicyclic) bond motifs is 1. The van der Waals surface area contributed by atoms with Crippen LogP contribution < -0.4 is 4.74 Å². The van der Waals surface area contributed by atoms with Crippen molar-refractivity contribution in [3.05, 3.63) is 77.5 Å². The van der Waals surface area contributed by atoms with Gasteiger partial charge in [0, 0.05) is 17.7 Å². The zero-order valence-electron chi connectivity index (χ0n) is 16.8. The van der Waals surface area contributed by atoms with E-state index in [1.54, 1.807) is 18.9 Å². The fourth-order valence-corrected chi connectivity index (χ4v) is 4.54. The molecule has 2 aromatic carbocycles. The molecule has 0 N–H and O–H groups in total. The molecular formula is C23H21ClN4OS. The molecule has 0 aliphatic carbocycles. The van der Waals surface area contributed by atoms with E-state index in [0.717, 1.165) is 44.5 Å². The van der Waals surface area contributed by atoms with Gasteiger partial charge in [0.25, 0.3) is 0 Å². The third-order valence-corrected chi connectivity index (χ3v) is 6.34. The van der Waals surface area contributed by atoms with Crippen LogP contribution >= 0.6 is 23.4 Å². The molecule has 0 fully saturated rings. The predicted molar refractivity (Wildman–Crippen MR) is 123 cm³/mol. The second-order valence-corrected chi connectivity index (χ2v) is 8.03. The molecular weight excluding hydrogens is 416 g/mol. The van der Waals surface area contributed by atoms with Gasteiger partial charge in [-0.2, -0.15) is 0 Å². The van der Waals surface area contributed by atoms with Crippen molar-refractivity contribution in [2.45, 2.75) is 24.4 Å². The first-order chi connectivity index (χ1) is 14.6. The van der Waals surface area contributed by atoms with Crippen LogP contribution in [0.5, 0.6) is 5.75 Å². The monoisotopic (exact) mass is 436 g/mol. The van der Waals surface area contributed by atoms with Crippen molar-refractivity contribution in [2.75, 3.05) is 7.11 Å². The molecule has 7 heteroatoms. The van der Waals surface area contributed by atoms with Crippen molar-refractivity contribution in [2.24, 2.45) is 0 Å². The minimum Gasteiger partial charge on any atom is -0.496 e. The van der Waals surface area contributed by atoms with Crippen LogP contribution in [0.4, 0.5) is 0 Å². The number of halogens is 1. The van der Waals surface area contributed by atoms with Crippen LogP contribution in [0.1, 0.15) is 11.3 Å². The van der Waals surface area contributed by atoms with Crippen LogP contribution in [0.3, 0.4) is 0 Å². The van der Waals surface area contributed by atoms with Gasteiger partial charge in [-0.15, -0.1) is 16.8 Å². The zero-order valence-corrected chi connectivity index (χ0v) is 18.4. The summed E-state index contributed by atoms with van der Waals surface area (Å²) in [4.78, 5) is 4.77. The highest BCUT2D eigenvalue weighted by Crippen LogP contribution is 2.34. The number of nitrogens with zero attached hydrogens (tertiary/aromatic N) is 4. The molecule has 0 saturated carbocycles. The van der Waals surface area contributed by atoms with Crippen LogP contribution in [0.2, 0.25) is 5.02 Å². The number of pyridine rings is 1. The van der Waals surface area contributed by atoms with E-state index >= 15 is 0 Å². The summed E-state index contributed by atoms with van der Waals surface area (Å²) in [5.41, 5.74) is 3.71. The topological polar surface area (TPSA) is 52.8 Å². The normalized spacial score (nSPS) is 11.0. The lowest BCUT2D eigenvalue weighted by Crippen LogP contribution is -2.02. The van der Waals surface area contributed by atoms with Crippen LogP contribution in [-0.4, -0.2) is 26.9 Å². The lowest BCUT2D eigenvalue weighted by molar-refractivity contribution is 0.416. The molecule has 0 amide bonds. The summed E-state index contributed by atoms with van der Waals surface area (Å²) >= 11 is 8.18. The second kappa shape index (κ2) is 8.90. The SMILES string of the molecule is C=CCn1c(SCc2nc3ccccc3c(C)c2Cl)nnc1-c1ccccc1OC. The van der Waals surface area contributed by atoms with Gasteiger partial charge in [0.1, 0.15) is 5.75 Å². The van der Waals surface area contributed by atoms with E-state index in [1.165, 1.54) is 0 Å². The van der Waals surface area contributed by atoms with Gasteiger partial charge in [-0.3, -0.25) is 9.55 Å². The predicted octanol–water partition coefficient (Wildman–Crippen LogP) is 5.94. The molecule has 0 atom stereocenters. The molecule has 0 saturated heterocycles. The fourth-order valence-electron chi connectivity index (χ4n) is 3.36. The van der Waals surface area contributed by atoms with Gasteiger partial charge in [0.15, 0.2) is 11.0 Å². The Morgan fingerprint density at radius 2 is 1.90 bits per heavy atom. The maximum absolute atomic E-state index is 6.63. The van der Waals surface area contributed by atoms with Gasteiger partial charge in [0.05, 0.1) is 28.9 Å². The third kappa shape index (κ3) is 3.80. The number of rotatable bonds is 7. The summed E-state index contributed by atoms with van der Waals surface area (Å²) in [5.74, 6) is 2.08. The van der Waals surface area contributed by atoms with E-state index in [2.05, 4.69) is 16.8 Å². The first-order valence-corrected chi connectivity index (χ1v) is 10.8. The quantitative estimate of drug-likeness (QED) is 0.265. The molecule has 0 bridgehead atoms. The summed E-state index contributed by atoms with van der Waals surface area (Å²) in [6, 6.07) is 15.8. The molecule has 0 aliphatic rings. The van der Waals surface area contributed by atoms with Gasteiger partial charge in [-0.05, 0) is 30.7 Å². The summed E-state index contributed by atoms with van der Waals surface area (Å²) in [7, 11) is 1.65.